The molecule has 2 aromatic carbocycles. The van der Waals surface area contributed by atoms with Crippen LogP contribution in [-0.2, 0) is 9.53 Å². The maximum absolute atomic E-state index is 13.1. The molecule has 0 unspecified atom stereocenters. The van der Waals surface area contributed by atoms with Crippen molar-refractivity contribution in [3.05, 3.63) is 60.2 Å². The summed E-state index contributed by atoms with van der Waals surface area (Å²) in [4.78, 5) is 28.8. The molecule has 0 saturated heterocycles. The average molecular weight is 387 g/mol. The average Bonchev–Trinajstić information content (AvgIpc) is 3.46. The van der Waals surface area contributed by atoms with Gasteiger partial charge in [0.1, 0.15) is 0 Å². The minimum Gasteiger partial charge on any atom is -0.457 e. The number of carbonyl (C=O) groups excluding carboxylic acids is 2. The van der Waals surface area contributed by atoms with Crippen LogP contribution in [0.3, 0.4) is 0 Å². The Balaban J connectivity index is 1.33. The molecule has 2 aliphatic rings. The van der Waals surface area contributed by atoms with E-state index in [1.807, 2.05) is 54.6 Å². The number of fused-ring (bicyclic) bond motifs is 3. The molecule has 1 aromatic heterocycles. The highest BCUT2D eigenvalue weighted by Gasteiger charge is 2.40. The van der Waals surface area contributed by atoms with Crippen LogP contribution in [0.5, 0.6) is 0 Å². The van der Waals surface area contributed by atoms with Gasteiger partial charge < -0.3 is 9.72 Å². The number of esters is 1. The van der Waals surface area contributed by atoms with Gasteiger partial charge in [0.05, 0.1) is 11.3 Å². The molecule has 1 N–H and O–H groups in total. The van der Waals surface area contributed by atoms with Crippen LogP contribution < -0.4 is 0 Å². The summed E-state index contributed by atoms with van der Waals surface area (Å²) in [6, 6.07) is 17.5. The minimum atomic E-state index is -0.239. The largest absolute Gasteiger partial charge is 0.457 e. The number of nitrogens with one attached hydrogen (secondary N) is 1. The van der Waals surface area contributed by atoms with Crippen LogP contribution in [0.15, 0.2) is 54.6 Å². The standard InChI is InChI=1S/C25H25NO3/c27-22(15-29-23(28)14-19-13-16-10-11-18(19)12-16)24-20-8-4-5-9-21(20)26-25(24)17-6-2-1-3-7-17/h1-9,16,18-19,26H,10-15H2/t16-,18+,19-/m0/s1. The van der Waals surface area contributed by atoms with Gasteiger partial charge in [0, 0.05) is 17.3 Å². The van der Waals surface area contributed by atoms with E-state index in [1.54, 1.807) is 0 Å². The molecule has 4 nitrogen and oxygen atoms in total. The highest BCUT2D eigenvalue weighted by atomic mass is 16.5. The van der Waals surface area contributed by atoms with E-state index in [-0.39, 0.29) is 18.4 Å². The number of aromatic amines is 1. The zero-order valence-electron chi connectivity index (χ0n) is 16.4. The van der Waals surface area contributed by atoms with Gasteiger partial charge in [-0.2, -0.15) is 0 Å². The molecular formula is C25H25NO3. The molecule has 4 heteroatoms. The van der Waals surface area contributed by atoms with Crippen LogP contribution in [0, 0.1) is 17.8 Å². The van der Waals surface area contributed by atoms with Gasteiger partial charge in [0.15, 0.2) is 6.61 Å². The predicted molar refractivity (Wildman–Crippen MR) is 113 cm³/mol. The first-order valence-corrected chi connectivity index (χ1v) is 10.5. The third kappa shape index (κ3) is 3.48. The lowest BCUT2D eigenvalue weighted by molar-refractivity contribution is -0.144. The van der Waals surface area contributed by atoms with Crippen LogP contribution in [0.1, 0.15) is 42.5 Å². The summed E-state index contributed by atoms with van der Waals surface area (Å²) >= 11 is 0. The monoisotopic (exact) mass is 387 g/mol. The van der Waals surface area contributed by atoms with Gasteiger partial charge in [-0.1, -0.05) is 55.0 Å². The van der Waals surface area contributed by atoms with E-state index >= 15 is 0 Å². The number of rotatable bonds is 6. The number of hydrogen-bond acceptors (Lipinski definition) is 3. The third-order valence-electron chi connectivity index (χ3n) is 6.73. The summed E-state index contributed by atoms with van der Waals surface area (Å²) in [5.41, 5.74) is 3.23. The molecule has 2 saturated carbocycles. The van der Waals surface area contributed by atoms with Gasteiger partial charge in [-0.3, -0.25) is 9.59 Å². The van der Waals surface area contributed by atoms with Crippen molar-refractivity contribution in [3.8, 4) is 11.3 Å². The Kier molecular flexibility index (Phi) is 4.70. The van der Waals surface area contributed by atoms with Gasteiger partial charge in [-0.15, -0.1) is 0 Å². The van der Waals surface area contributed by atoms with E-state index in [0.29, 0.717) is 23.8 Å². The zero-order chi connectivity index (χ0) is 19.8. The first-order chi connectivity index (χ1) is 14.2. The van der Waals surface area contributed by atoms with Crippen molar-refractivity contribution in [1.29, 1.82) is 0 Å². The Morgan fingerprint density at radius 2 is 1.76 bits per heavy atom. The van der Waals surface area contributed by atoms with Crippen LogP contribution in [0.4, 0.5) is 0 Å². The van der Waals surface area contributed by atoms with Crippen LogP contribution >= 0.6 is 0 Å². The smallest absolute Gasteiger partial charge is 0.306 e. The summed E-state index contributed by atoms with van der Waals surface area (Å²) < 4.78 is 5.43. The Hall–Kier alpha value is -2.88. The lowest BCUT2D eigenvalue weighted by Gasteiger charge is -2.20. The lowest BCUT2D eigenvalue weighted by Crippen LogP contribution is -2.20. The first-order valence-electron chi connectivity index (χ1n) is 10.5. The molecule has 0 amide bonds. The van der Waals surface area contributed by atoms with Gasteiger partial charge >= 0.3 is 5.97 Å². The zero-order valence-corrected chi connectivity index (χ0v) is 16.4. The molecule has 148 valence electrons. The van der Waals surface area contributed by atoms with E-state index < -0.39 is 0 Å². The molecule has 1 heterocycles. The number of para-hydroxylation sites is 1. The van der Waals surface area contributed by atoms with Crippen molar-refractivity contribution < 1.29 is 14.3 Å². The molecule has 0 aliphatic heterocycles. The fourth-order valence-corrected chi connectivity index (χ4v) is 5.37. The van der Waals surface area contributed by atoms with Crippen molar-refractivity contribution in [2.24, 2.45) is 17.8 Å². The highest BCUT2D eigenvalue weighted by molar-refractivity contribution is 6.14. The second-order valence-electron chi connectivity index (χ2n) is 8.51. The van der Waals surface area contributed by atoms with E-state index in [4.69, 9.17) is 4.74 Å². The maximum atomic E-state index is 13.1. The highest BCUT2D eigenvalue weighted by Crippen LogP contribution is 2.49. The van der Waals surface area contributed by atoms with Gasteiger partial charge in [-0.25, -0.2) is 0 Å². The SMILES string of the molecule is O=C(C[C@@H]1C[C@H]2CC[C@@H]1C2)OCC(=O)c1c(-c2ccccc2)[nH]c2ccccc12. The molecule has 5 rings (SSSR count). The number of ether oxygens (including phenoxy) is 1. The number of hydrogen-bond donors (Lipinski definition) is 1. The topological polar surface area (TPSA) is 59.2 Å². The number of H-pyrrole nitrogens is 1. The minimum absolute atomic E-state index is 0.164. The Labute approximate surface area is 170 Å². The molecule has 2 aliphatic carbocycles. The summed E-state index contributed by atoms with van der Waals surface area (Å²) in [6.45, 7) is -0.207. The number of Topliss-reactive ketones (excluding diaryl/α,β-unsaturated/α-hetero) is 1. The molecule has 2 bridgehead atoms. The molecule has 2 fully saturated rings. The number of carbonyl (C=O) groups is 2. The fourth-order valence-electron chi connectivity index (χ4n) is 5.37. The molecule has 3 aromatic rings. The lowest BCUT2D eigenvalue weighted by atomic mass is 9.86. The summed E-state index contributed by atoms with van der Waals surface area (Å²) in [5.74, 6) is 1.53. The van der Waals surface area contributed by atoms with Crippen molar-refractivity contribution >= 4 is 22.7 Å². The summed E-state index contributed by atoms with van der Waals surface area (Å²) in [5, 5.41) is 0.862. The van der Waals surface area contributed by atoms with Crippen molar-refractivity contribution in [2.75, 3.05) is 6.61 Å². The van der Waals surface area contributed by atoms with E-state index in [9.17, 15) is 9.59 Å². The maximum Gasteiger partial charge on any atom is 0.306 e. The summed E-state index contributed by atoms with van der Waals surface area (Å²) in [7, 11) is 0. The van der Waals surface area contributed by atoms with E-state index in [1.165, 1.54) is 19.3 Å². The first kappa shape index (κ1) is 18.2. The van der Waals surface area contributed by atoms with Gasteiger partial charge in [0.2, 0.25) is 5.78 Å². The predicted octanol–water partition coefficient (Wildman–Crippen LogP) is 5.39. The van der Waals surface area contributed by atoms with Crippen LogP contribution in [0.2, 0.25) is 0 Å². The second-order valence-corrected chi connectivity index (χ2v) is 8.51. The Morgan fingerprint density at radius 1 is 0.966 bits per heavy atom. The van der Waals surface area contributed by atoms with E-state index in [2.05, 4.69) is 4.98 Å². The summed E-state index contributed by atoms with van der Waals surface area (Å²) in [6.07, 6.45) is 5.43. The second kappa shape index (κ2) is 7.51. The number of benzene rings is 2. The Morgan fingerprint density at radius 3 is 2.52 bits per heavy atom. The number of aromatic nitrogens is 1. The van der Waals surface area contributed by atoms with E-state index in [0.717, 1.165) is 34.5 Å². The molecule has 29 heavy (non-hydrogen) atoms. The quantitative estimate of drug-likeness (QED) is 0.456. The molecule has 0 radical (unpaired) electrons. The molecule has 0 spiro atoms. The molecule has 3 atom stereocenters. The van der Waals surface area contributed by atoms with Gasteiger partial charge in [-0.05, 0) is 48.6 Å². The van der Waals surface area contributed by atoms with Crippen molar-refractivity contribution in [3.63, 3.8) is 0 Å². The normalized spacial score (nSPS) is 22.8. The third-order valence-corrected chi connectivity index (χ3v) is 6.73. The fraction of sp³-hybridized carbons (Fsp3) is 0.360. The van der Waals surface area contributed by atoms with Crippen molar-refractivity contribution in [1.82, 2.24) is 4.98 Å². The van der Waals surface area contributed by atoms with Crippen LogP contribution in [0.25, 0.3) is 22.2 Å². The van der Waals surface area contributed by atoms with Crippen LogP contribution in [-0.4, -0.2) is 23.3 Å². The van der Waals surface area contributed by atoms with Crippen molar-refractivity contribution in [2.45, 2.75) is 32.1 Å². The van der Waals surface area contributed by atoms with Gasteiger partial charge in [0.25, 0.3) is 0 Å². The number of ketones is 1. The molecular weight excluding hydrogens is 362 g/mol. The Bertz CT molecular complexity index is 1050.